The molecule has 0 radical (unpaired) electrons. The number of halogens is 2. The Bertz CT molecular complexity index is 941. The Morgan fingerprint density at radius 3 is 2.63 bits per heavy atom. The van der Waals surface area contributed by atoms with Crippen molar-refractivity contribution in [3.05, 3.63) is 35.1 Å². The number of amides is 1. The van der Waals surface area contributed by atoms with Gasteiger partial charge in [-0.15, -0.1) is 12.4 Å². The molecule has 2 aromatic heterocycles. The molecule has 0 spiro atoms. The third-order valence-corrected chi connectivity index (χ3v) is 5.49. The standard InChI is InChI=1S/C17H20ClN5O2S.ClH/c1-21(2)9-10-23(16(24)12-7-8-19-22(12)3)17-20-14-13(25-4)6-5-11(18)15(14)26-17;/h5-8H,9-10H2,1-4H3;1H. The summed E-state index contributed by atoms with van der Waals surface area (Å²) in [6.07, 6.45) is 1.61. The summed E-state index contributed by atoms with van der Waals surface area (Å²) in [7, 11) is 7.26. The molecule has 0 saturated carbocycles. The van der Waals surface area contributed by atoms with Gasteiger partial charge in [-0.05, 0) is 32.3 Å². The number of methoxy groups -OCH3 is 1. The molecule has 27 heavy (non-hydrogen) atoms. The van der Waals surface area contributed by atoms with E-state index in [2.05, 4.69) is 10.1 Å². The molecule has 0 aliphatic rings. The zero-order valence-electron chi connectivity index (χ0n) is 15.5. The summed E-state index contributed by atoms with van der Waals surface area (Å²) in [4.78, 5) is 21.4. The maximum atomic E-state index is 13.1. The molecule has 0 fully saturated rings. The lowest BCUT2D eigenvalue weighted by Crippen LogP contribution is -2.37. The van der Waals surface area contributed by atoms with Gasteiger partial charge < -0.3 is 9.64 Å². The quantitative estimate of drug-likeness (QED) is 0.601. The Morgan fingerprint density at radius 1 is 1.30 bits per heavy atom. The molecule has 0 N–H and O–H groups in total. The first-order valence-corrected chi connectivity index (χ1v) is 9.19. The highest BCUT2D eigenvalue weighted by Gasteiger charge is 2.24. The number of fused-ring (bicyclic) bond motifs is 1. The number of nitrogens with zero attached hydrogens (tertiary/aromatic N) is 5. The van der Waals surface area contributed by atoms with Gasteiger partial charge in [0.05, 0.1) is 16.8 Å². The van der Waals surface area contributed by atoms with Crippen molar-refractivity contribution < 1.29 is 9.53 Å². The molecule has 7 nitrogen and oxygen atoms in total. The number of hydrogen-bond acceptors (Lipinski definition) is 6. The molecule has 10 heteroatoms. The van der Waals surface area contributed by atoms with Gasteiger partial charge in [-0.25, -0.2) is 4.98 Å². The van der Waals surface area contributed by atoms with E-state index < -0.39 is 0 Å². The average molecular weight is 430 g/mol. The second-order valence-electron chi connectivity index (χ2n) is 6.02. The normalized spacial score (nSPS) is 10.9. The van der Waals surface area contributed by atoms with E-state index in [1.165, 1.54) is 11.3 Å². The van der Waals surface area contributed by atoms with Crippen molar-refractivity contribution in [2.75, 3.05) is 39.2 Å². The molecule has 2 heterocycles. The van der Waals surface area contributed by atoms with Crippen molar-refractivity contribution in [1.29, 1.82) is 0 Å². The third kappa shape index (κ3) is 4.35. The summed E-state index contributed by atoms with van der Waals surface area (Å²) >= 11 is 7.70. The minimum absolute atomic E-state index is 0. The van der Waals surface area contributed by atoms with Gasteiger partial charge in [0.1, 0.15) is 17.0 Å². The molecular formula is C17H21Cl2N5O2S. The van der Waals surface area contributed by atoms with Gasteiger partial charge in [-0.2, -0.15) is 5.10 Å². The minimum Gasteiger partial charge on any atom is -0.494 e. The number of thiazole rings is 1. The number of carbonyl (C=O) groups excluding carboxylic acids is 1. The Morgan fingerprint density at radius 2 is 2.04 bits per heavy atom. The molecule has 3 aromatic rings. The van der Waals surface area contributed by atoms with Crippen molar-refractivity contribution in [2.24, 2.45) is 7.05 Å². The predicted molar refractivity (Wildman–Crippen MR) is 112 cm³/mol. The summed E-state index contributed by atoms with van der Waals surface area (Å²) in [5.74, 6) is 0.480. The number of ether oxygens (including phenoxy) is 1. The topological polar surface area (TPSA) is 63.5 Å². The van der Waals surface area contributed by atoms with Gasteiger partial charge in [-0.1, -0.05) is 22.9 Å². The van der Waals surface area contributed by atoms with E-state index in [1.807, 2.05) is 19.0 Å². The fourth-order valence-electron chi connectivity index (χ4n) is 2.53. The largest absolute Gasteiger partial charge is 0.494 e. The molecule has 0 atom stereocenters. The summed E-state index contributed by atoms with van der Waals surface area (Å²) in [6.45, 7) is 1.20. The average Bonchev–Trinajstić information content (AvgIpc) is 3.22. The van der Waals surface area contributed by atoms with E-state index in [1.54, 1.807) is 48.1 Å². The fraction of sp³-hybridized carbons (Fsp3) is 0.353. The fourth-order valence-corrected chi connectivity index (χ4v) is 3.81. The summed E-state index contributed by atoms with van der Waals surface area (Å²) < 4.78 is 7.75. The van der Waals surface area contributed by atoms with Crippen LogP contribution in [0.3, 0.4) is 0 Å². The number of aryl methyl sites for hydroxylation is 1. The molecule has 146 valence electrons. The van der Waals surface area contributed by atoms with Crippen molar-refractivity contribution in [3.8, 4) is 5.75 Å². The first-order chi connectivity index (χ1) is 12.4. The monoisotopic (exact) mass is 429 g/mol. The molecule has 0 saturated heterocycles. The molecular weight excluding hydrogens is 409 g/mol. The molecule has 0 aliphatic heterocycles. The Kier molecular flexibility index (Phi) is 7.05. The molecule has 0 bridgehead atoms. The smallest absolute Gasteiger partial charge is 0.278 e. The summed E-state index contributed by atoms with van der Waals surface area (Å²) in [5, 5.41) is 5.26. The van der Waals surface area contributed by atoms with E-state index in [4.69, 9.17) is 16.3 Å². The van der Waals surface area contributed by atoms with Crippen molar-refractivity contribution in [3.63, 3.8) is 0 Å². The number of rotatable bonds is 6. The lowest BCUT2D eigenvalue weighted by Gasteiger charge is -2.21. The van der Waals surface area contributed by atoms with Gasteiger partial charge in [0.25, 0.3) is 5.91 Å². The number of carbonyl (C=O) groups is 1. The van der Waals surface area contributed by atoms with Crippen LogP contribution in [0.4, 0.5) is 5.13 Å². The minimum atomic E-state index is -0.152. The first-order valence-electron chi connectivity index (χ1n) is 8.00. The highest BCUT2D eigenvalue weighted by Crippen LogP contribution is 2.38. The first kappa shape index (κ1) is 21.4. The second kappa shape index (κ2) is 8.88. The van der Waals surface area contributed by atoms with E-state index in [0.29, 0.717) is 40.2 Å². The van der Waals surface area contributed by atoms with Crippen molar-refractivity contribution >= 4 is 56.6 Å². The van der Waals surface area contributed by atoms with Gasteiger partial charge in [-0.3, -0.25) is 14.4 Å². The summed E-state index contributed by atoms with van der Waals surface area (Å²) in [6, 6.07) is 5.25. The maximum absolute atomic E-state index is 13.1. The van der Waals surface area contributed by atoms with Crippen LogP contribution in [0.25, 0.3) is 10.2 Å². The SMILES string of the molecule is COc1ccc(Cl)c2sc(N(CCN(C)C)C(=O)c3ccnn3C)nc12.Cl. The number of hydrogen-bond donors (Lipinski definition) is 0. The van der Waals surface area contributed by atoms with E-state index in [0.717, 1.165) is 4.70 Å². The van der Waals surface area contributed by atoms with Crippen LogP contribution in [0.2, 0.25) is 5.02 Å². The molecule has 1 aromatic carbocycles. The molecule has 3 rings (SSSR count). The zero-order chi connectivity index (χ0) is 18.8. The van der Waals surface area contributed by atoms with Gasteiger partial charge in [0.2, 0.25) is 0 Å². The van der Waals surface area contributed by atoms with Gasteiger partial charge in [0, 0.05) is 26.3 Å². The molecule has 1 amide bonds. The van der Waals surface area contributed by atoms with E-state index in [9.17, 15) is 4.79 Å². The van der Waals surface area contributed by atoms with Crippen LogP contribution < -0.4 is 9.64 Å². The Balaban J connectivity index is 0.00000261. The van der Waals surface area contributed by atoms with Crippen LogP contribution in [0.15, 0.2) is 24.4 Å². The lowest BCUT2D eigenvalue weighted by atomic mass is 10.3. The van der Waals surface area contributed by atoms with Crippen LogP contribution in [0.1, 0.15) is 10.5 Å². The van der Waals surface area contributed by atoms with Crippen molar-refractivity contribution in [1.82, 2.24) is 19.7 Å². The third-order valence-electron chi connectivity index (χ3n) is 3.95. The summed E-state index contributed by atoms with van der Waals surface area (Å²) in [5.41, 5.74) is 1.16. The van der Waals surface area contributed by atoms with Crippen LogP contribution in [-0.4, -0.2) is 59.9 Å². The number of anilines is 1. The second-order valence-corrected chi connectivity index (χ2v) is 7.41. The Labute approximate surface area is 172 Å². The lowest BCUT2D eigenvalue weighted by molar-refractivity contribution is 0.0976. The Hall–Kier alpha value is -1.87. The van der Waals surface area contributed by atoms with Crippen LogP contribution >= 0.6 is 35.3 Å². The maximum Gasteiger partial charge on any atom is 0.278 e. The van der Waals surface area contributed by atoms with Crippen molar-refractivity contribution in [2.45, 2.75) is 0 Å². The highest BCUT2D eigenvalue weighted by molar-refractivity contribution is 7.23. The number of benzene rings is 1. The number of likely N-dealkylation sites (N-methyl/N-ethyl adjacent to an activating group) is 1. The van der Waals surface area contributed by atoms with Gasteiger partial charge >= 0.3 is 0 Å². The highest BCUT2D eigenvalue weighted by atomic mass is 35.5. The van der Waals surface area contributed by atoms with Crippen LogP contribution in [0.5, 0.6) is 5.75 Å². The zero-order valence-corrected chi connectivity index (χ0v) is 17.9. The predicted octanol–water partition coefficient (Wildman–Crippen LogP) is 3.32. The molecule has 0 unspecified atom stereocenters. The van der Waals surface area contributed by atoms with E-state index in [-0.39, 0.29) is 18.3 Å². The van der Waals surface area contributed by atoms with Crippen LogP contribution in [0, 0.1) is 0 Å². The number of aromatic nitrogens is 3. The van der Waals surface area contributed by atoms with Crippen LogP contribution in [-0.2, 0) is 7.05 Å². The van der Waals surface area contributed by atoms with E-state index >= 15 is 0 Å². The molecule has 0 aliphatic carbocycles. The van der Waals surface area contributed by atoms with Gasteiger partial charge in [0.15, 0.2) is 5.13 Å².